The van der Waals surface area contributed by atoms with Crippen LogP contribution >= 0.6 is 11.6 Å². The minimum absolute atomic E-state index is 0.192. The zero-order valence-electron chi connectivity index (χ0n) is 10.7. The lowest BCUT2D eigenvalue weighted by molar-refractivity contribution is -0.131. The topological polar surface area (TPSA) is 32.3 Å². The first kappa shape index (κ1) is 13.4. The van der Waals surface area contributed by atoms with Crippen molar-refractivity contribution in [2.75, 3.05) is 20.1 Å². The fourth-order valence-corrected chi connectivity index (χ4v) is 2.59. The largest absolute Gasteiger partial charge is 0.341 e. The summed E-state index contributed by atoms with van der Waals surface area (Å²) in [5.74, 6) is 0.192. The Kier molecular flexibility index (Phi) is 4.61. The fraction of sp³-hybridized carbons (Fsp3) is 0.500. The monoisotopic (exact) mass is 266 g/mol. The Hall–Kier alpha value is -1.06. The predicted octanol–water partition coefficient (Wildman–Crippen LogP) is 2.09. The van der Waals surface area contributed by atoms with Crippen LogP contribution in [-0.4, -0.2) is 37.0 Å². The van der Waals surface area contributed by atoms with Gasteiger partial charge in [0.2, 0.25) is 5.91 Å². The molecule has 1 aromatic rings. The molecule has 1 fully saturated rings. The molecular formula is C14H19ClN2O. The minimum Gasteiger partial charge on any atom is -0.341 e. The van der Waals surface area contributed by atoms with Gasteiger partial charge in [-0.1, -0.05) is 23.7 Å². The fourth-order valence-electron chi connectivity index (χ4n) is 2.37. The maximum atomic E-state index is 12.2. The van der Waals surface area contributed by atoms with Gasteiger partial charge in [0.05, 0.1) is 6.42 Å². The van der Waals surface area contributed by atoms with E-state index in [1.165, 1.54) is 0 Å². The molecule has 0 saturated carbocycles. The van der Waals surface area contributed by atoms with Crippen molar-refractivity contribution in [2.24, 2.45) is 0 Å². The molecule has 98 valence electrons. The van der Waals surface area contributed by atoms with Gasteiger partial charge in [-0.2, -0.15) is 0 Å². The van der Waals surface area contributed by atoms with E-state index in [-0.39, 0.29) is 5.91 Å². The molecule has 2 rings (SSSR count). The molecule has 0 radical (unpaired) electrons. The summed E-state index contributed by atoms with van der Waals surface area (Å²) >= 11 is 5.92. The number of rotatable bonds is 3. The van der Waals surface area contributed by atoms with Gasteiger partial charge in [-0.3, -0.25) is 4.79 Å². The first-order chi connectivity index (χ1) is 8.69. The Labute approximate surface area is 113 Å². The van der Waals surface area contributed by atoms with E-state index in [0.717, 1.165) is 31.5 Å². The number of carbonyl (C=O) groups is 1. The zero-order chi connectivity index (χ0) is 13.0. The number of hydrogen-bond acceptors (Lipinski definition) is 2. The molecule has 0 aliphatic carbocycles. The number of carbonyl (C=O) groups excluding carboxylic acids is 1. The molecule has 1 unspecified atom stereocenters. The van der Waals surface area contributed by atoms with E-state index in [2.05, 4.69) is 5.32 Å². The van der Waals surface area contributed by atoms with E-state index in [4.69, 9.17) is 11.6 Å². The second kappa shape index (κ2) is 6.21. The molecule has 1 heterocycles. The van der Waals surface area contributed by atoms with E-state index >= 15 is 0 Å². The Morgan fingerprint density at radius 2 is 2.39 bits per heavy atom. The van der Waals surface area contributed by atoms with Gasteiger partial charge < -0.3 is 10.2 Å². The van der Waals surface area contributed by atoms with Gasteiger partial charge in [0, 0.05) is 24.2 Å². The number of likely N-dealkylation sites (tertiary alicyclic amines) is 1. The molecule has 1 aliphatic heterocycles. The van der Waals surface area contributed by atoms with Gasteiger partial charge in [-0.25, -0.2) is 0 Å². The van der Waals surface area contributed by atoms with Crippen molar-refractivity contribution >= 4 is 17.5 Å². The standard InChI is InChI=1S/C14H19ClN2O/c1-16-13-6-3-7-17(10-13)14(18)9-11-4-2-5-12(15)8-11/h2,4-5,8,13,16H,3,6-7,9-10H2,1H3. The number of halogens is 1. The van der Waals surface area contributed by atoms with Crippen LogP contribution in [0.25, 0.3) is 0 Å². The Morgan fingerprint density at radius 1 is 1.56 bits per heavy atom. The van der Waals surface area contributed by atoms with Crippen LogP contribution in [0, 0.1) is 0 Å². The third-order valence-electron chi connectivity index (χ3n) is 3.43. The van der Waals surface area contributed by atoms with E-state index in [1.807, 2.05) is 36.2 Å². The maximum Gasteiger partial charge on any atom is 0.227 e. The van der Waals surface area contributed by atoms with Crippen molar-refractivity contribution in [1.29, 1.82) is 0 Å². The minimum atomic E-state index is 0.192. The van der Waals surface area contributed by atoms with Crippen LogP contribution in [0.3, 0.4) is 0 Å². The Balaban J connectivity index is 1.95. The average molecular weight is 267 g/mol. The van der Waals surface area contributed by atoms with Crippen LogP contribution in [-0.2, 0) is 11.2 Å². The van der Waals surface area contributed by atoms with Crippen LogP contribution in [0.15, 0.2) is 24.3 Å². The van der Waals surface area contributed by atoms with Crippen molar-refractivity contribution in [3.8, 4) is 0 Å². The highest BCUT2D eigenvalue weighted by molar-refractivity contribution is 6.30. The van der Waals surface area contributed by atoms with Crippen molar-refractivity contribution in [3.63, 3.8) is 0 Å². The number of amides is 1. The van der Waals surface area contributed by atoms with Crippen molar-refractivity contribution in [1.82, 2.24) is 10.2 Å². The number of likely N-dealkylation sites (N-methyl/N-ethyl adjacent to an activating group) is 1. The molecule has 3 nitrogen and oxygen atoms in total. The van der Waals surface area contributed by atoms with Gasteiger partial charge >= 0.3 is 0 Å². The lowest BCUT2D eigenvalue weighted by atomic mass is 10.0. The Morgan fingerprint density at radius 3 is 3.11 bits per heavy atom. The molecule has 1 N–H and O–H groups in total. The molecule has 1 aromatic carbocycles. The SMILES string of the molecule is CNC1CCCN(C(=O)Cc2cccc(Cl)c2)C1. The number of benzene rings is 1. The van der Waals surface area contributed by atoms with E-state index in [0.29, 0.717) is 17.5 Å². The van der Waals surface area contributed by atoms with Crippen LogP contribution < -0.4 is 5.32 Å². The van der Waals surface area contributed by atoms with Crippen LogP contribution in [0.5, 0.6) is 0 Å². The van der Waals surface area contributed by atoms with E-state index < -0.39 is 0 Å². The second-order valence-corrected chi connectivity index (χ2v) is 5.21. The summed E-state index contributed by atoms with van der Waals surface area (Å²) in [6.07, 6.45) is 2.67. The summed E-state index contributed by atoms with van der Waals surface area (Å²) in [6, 6.07) is 7.95. The summed E-state index contributed by atoms with van der Waals surface area (Å²) in [5, 5.41) is 3.93. The summed E-state index contributed by atoms with van der Waals surface area (Å²) in [7, 11) is 1.95. The van der Waals surface area contributed by atoms with Gasteiger partial charge in [0.15, 0.2) is 0 Å². The molecule has 0 aromatic heterocycles. The third-order valence-corrected chi connectivity index (χ3v) is 3.66. The van der Waals surface area contributed by atoms with Crippen LogP contribution in [0.2, 0.25) is 5.02 Å². The lowest BCUT2D eigenvalue weighted by Crippen LogP contribution is -2.47. The molecule has 1 aliphatic rings. The molecule has 1 amide bonds. The quantitative estimate of drug-likeness (QED) is 0.909. The molecule has 1 saturated heterocycles. The van der Waals surface area contributed by atoms with Crippen molar-refractivity contribution < 1.29 is 4.79 Å². The van der Waals surface area contributed by atoms with Gasteiger partial charge in [0.1, 0.15) is 0 Å². The van der Waals surface area contributed by atoms with E-state index in [1.54, 1.807) is 0 Å². The highest BCUT2D eigenvalue weighted by Crippen LogP contribution is 2.14. The smallest absolute Gasteiger partial charge is 0.227 e. The molecule has 0 bridgehead atoms. The third kappa shape index (κ3) is 3.47. The average Bonchev–Trinajstić information content (AvgIpc) is 2.39. The molecule has 0 spiro atoms. The highest BCUT2D eigenvalue weighted by atomic mass is 35.5. The van der Waals surface area contributed by atoms with Crippen LogP contribution in [0.1, 0.15) is 18.4 Å². The van der Waals surface area contributed by atoms with Gasteiger partial charge in [0.25, 0.3) is 0 Å². The van der Waals surface area contributed by atoms with Crippen molar-refractivity contribution in [3.05, 3.63) is 34.9 Å². The summed E-state index contributed by atoms with van der Waals surface area (Å²) in [4.78, 5) is 14.1. The normalized spacial score (nSPS) is 19.9. The molecule has 1 atom stereocenters. The molecule has 18 heavy (non-hydrogen) atoms. The summed E-state index contributed by atoms with van der Waals surface area (Å²) in [6.45, 7) is 1.69. The first-order valence-corrected chi connectivity index (χ1v) is 6.76. The number of hydrogen-bond donors (Lipinski definition) is 1. The second-order valence-electron chi connectivity index (χ2n) is 4.77. The summed E-state index contributed by atoms with van der Waals surface area (Å²) in [5.41, 5.74) is 0.985. The molecular weight excluding hydrogens is 248 g/mol. The number of piperidine rings is 1. The van der Waals surface area contributed by atoms with Gasteiger partial charge in [-0.15, -0.1) is 0 Å². The number of nitrogens with one attached hydrogen (secondary N) is 1. The first-order valence-electron chi connectivity index (χ1n) is 6.38. The molecule has 4 heteroatoms. The number of nitrogens with zero attached hydrogens (tertiary/aromatic N) is 1. The van der Waals surface area contributed by atoms with Crippen LogP contribution in [0.4, 0.5) is 0 Å². The van der Waals surface area contributed by atoms with Crippen molar-refractivity contribution in [2.45, 2.75) is 25.3 Å². The zero-order valence-corrected chi connectivity index (χ0v) is 11.4. The van der Waals surface area contributed by atoms with Gasteiger partial charge in [-0.05, 0) is 37.6 Å². The predicted molar refractivity (Wildman–Crippen MR) is 73.8 cm³/mol. The maximum absolute atomic E-state index is 12.2. The summed E-state index contributed by atoms with van der Waals surface area (Å²) < 4.78 is 0. The Bertz CT molecular complexity index is 422. The highest BCUT2D eigenvalue weighted by Gasteiger charge is 2.22. The lowest BCUT2D eigenvalue weighted by Gasteiger charge is -2.32. The van der Waals surface area contributed by atoms with E-state index in [9.17, 15) is 4.79 Å².